The number of halogens is 2. The second-order valence-electron chi connectivity index (χ2n) is 16.3. The lowest BCUT2D eigenvalue weighted by Gasteiger charge is -2.39. The van der Waals surface area contributed by atoms with Crippen LogP contribution in [0.5, 0.6) is 5.75 Å². The molecule has 0 spiro atoms. The van der Waals surface area contributed by atoms with Crippen LogP contribution in [0.4, 0.5) is 5.69 Å². The highest BCUT2D eigenvalue weighted by Gasteiger charge is 2.43. The maximum Gasteiger partial charge on any atom is 0.352 e. The average Bonchev–Trinajstić information content (AvgIpc) is 3.90. The molecule has 0 aliphatic carbocycles. The molecule has 3 aromatic heterocycles. The van der Waals surface area contributed by atoms with Gasteiger partial charge in [0.2, 0.25) is 0 Å². The third kappa shape index (κ3) is 6.59. The van der Waals surface area contributed by atoms with Crippen molar-refractivity contribution >= 4 is 62.6 Å². The molecule has 298 valence electrons. The number of rotatable bonds is 10. The molecule has 6 aromatic rings. The normalized spacial score (nSPS) is 18.7. The van der Waals surface area contributed by atoms with Crippen LogP contribution in [-0.4, -0.2) is 73.0 Å². The zero-order chi connectivity index (χ0) is 40.6. The number of carboxylic acids is 1. The van der Waals surface area contributed by atoms with E-state index in [9.17, 15) is 9.90 Å². The van der Waals surface area contributed by atoms with E-state index in [-0.39, 0.29) is 23.6 Å². The summed E-state index contributed by atoms with van der Waals surface area (Å²) in [5, 5.41) is 17.7. The number of benzene rings is 3. The predicted octanol–water partition coefficient (Wildman–Crippen LogP) is 9.64. The number of hydrogen-bond acceptors (Lipinski definition) is 5. The molecule has 57 heavy (non-hydrogen) atoms. The largest absolute Gasteiger partial charge is 0.494 e. The molecule has 1 fully saturated rings. The first kappa shape index (κ1) is 39.1. The Bertz CT molecular complexity index is 2580. The molecule has 2 aliphatic rings. The Labute approximate surface area is 343 Å². The minimum atomic E-state index is -0.996. The van der Waals surface area contributed by atoms with E-state index in [1.54, 1.807) is 11.0 Å². The van der Waals surface area contributed by atoms with Crippen molar-refractivity contribution in [3.05, 3.63) is 98.6 Å². The quantitative estimate of drug-likeness (QED) is 0.0842. The fourth-order valence-corrected chi connectivity index (χ4v) is 9.86. The Morgan fingerprint density at radius 2 is 1.75 bits per heavy atom. The number of anilines is 1. The van der Waals surface area contributed by atoms with E-state index in [2.05, 4.69) is 48.6 Å². The Morgan fingerprint density at radius 3 is 2.40 bits per heavy atom. The van der Waals surface area contributed by atoms with Crippen LogP contribution in [0, 0.1) is 40.5 Å². The summed E-state index contributed by atoms with van der Waals surface area (Å²) < 4.78 is 12.2. The smallest absolute Gasteiger partial charge is 0.352 e. The first-order chi connectivity index (χ1) is 27.2. The highest BCUT2D eigenvalue weighted by Crippen LogP contribution is 2.46. The molecule has 0 saturated carbocycles. The number of carbonyl (C=O) groups is 2. The monoisotopic (exact) mass is 808 g/mol. The van der Waals surface area contributed by atoms with E-state index < -0.39 is 11.5 Å². The maximum atomic E-state index is 15.5. The lowest BCUT2D eigenvalue weighted by molar-refractivity contribution is 0.0684. The predicted molar refractivity (Wildman–Crippen MR) is 229 cm³/mol. The van der Waals surface area contributed by atoms with E-state index in [0.29, 0.717) is 42.9 Å². The van der Waals surface area contributed by atoms with Crippen molar-refractivity contribution in [3.63, 3.8) is 0 Å². The maximum absolute atomic E-state index is 15.5. The molecular formula is C45H50Cl2N6O4. The summed E-state index contributed by atoms with van der Waals surface area (Å²) in [7, 11) is 4.05. The van der Waals surface area contributed by atoms with Crippen molar-refractivity contribution in [2.45, 2.75) is 78.9 Å². The third-order valence-electron chi connectivity index (χ3n) is 12.2. The number of amides is 1. The van der Waals surface area contributed by atoms with Crippen molar-refractivity contribution in [1.29, 1.82) is 0 Å². The molecule has 3 aromatic carbocycles. The first-order valence-corrected chi connectivity index (χ1v) is 20.6. The van der Waals surface area contributed by atoms with Crippen LogP contribution in [0.2, 0.25) is 5.02 Å². The molecule has 12 heteroatoms. The minimum Gasteiger partial charge on any atom is -0.494 e. The van der Waals surface area contributed by atoms with Gasteiger partial charge in [0.15, 0.2) is 0 Å². The number of para-hydroxylation sites is 1. The van der Waals surface area contributed by atoms with Crippen LogP contribution in [-0.2, 0) is 20.0 Å². The number of carbonyl (C=O) groups excluding carboxylic acids is 1. The second-order valence-corrected chi connectivity index (χ2v) is 17.1. The molecule has 5 heterocycles. The number of ether oxygens (including phenoxy) is 1. The van der Waals surface area contributed by atoms with Crippen LogP contribution in [0.3, 0.4) is 0 Å². The zero-order valence-corrected chi connectivity index (χ0v) is 35.4. The summed E-state index contributed by atoms with van der Waals surface area (Å²) >= 11 is 14.0. The number of carboxylic acid groups (broad SMARTS) is 1. The second kappa shape index (κ2) is 14.9. The fraction of sp³-hybridized carbons (Fsp3) is 0.400. The van der Waals surface area contributed by atoms with Crippen LogP contribution < -0.4 is 9.64 Å². The van der Waals surface area contributed by atoms with Gasteiger partial charge in [-0.2, -0.15) is 5.10 Å². The number of likely N-dealkylation sites (tertiary alicyclic amines) is 1. The van der Waals surface area contributed by atoms with Gasteiger partial charge in [-0.05, 0) is 133 Å². The van der Waals surface area contributed by atoms with Gasteiger partial charge in [0.05, 0.1) is 35.1 Å². The lowest BCUT2D eigenvalue weighted by Crippen LogP contribution is -2.48. The van der Waals surface area contributed by atoms with Gasteiger partial charge in [-0.15, -0.1) is 0 Å². The summed E-state index contributed by atoms with van der Waals surface area (Å²) in [6.45, 7) is 14.9. The van der Waals surface area contributed by atoms with Gasteiger partial charge in [-0.25, -0.2) is 4.79 Å². The van der Waals surface area contributed by atoms with Crippen LogP contribution >= 0.6 is 23.2 Å². The fourth-order valence-electron chi connectivity index (χ4n) is 9.45. The van der Waals surface area contributed by atoms with Crippen molar-refractivity contribution in [3.8, 4) is 16.9 Å². The molecule has 10 nitrogen and oxygen atoms in total. The summed E-state index contributed by atoms with van der Waals surface area (Å²) in [4.78, 5) is 32.3. The van der Waals surface area contributed by atoms with Gasteiger partial charge in [-0.1, -0.05) is 41.4 Å². The minimum absolute atomic E-state index is 0.211. The highest BCUT2D eigenvalue weighted by molar-refractivity contribution is 6.32. The van der Waals surface area contributed by atoms with Crippen LogP contribution in [0.15, 0.2) is 48.5 Å². The van der Waals surface area contributed by atoms with Gasteiger partial charge >= 0.3 is 5.97 Å². The molecule has 0 radical (unpaired) electrons. The van der Waals surface area contributed by atoms with Crippen molar-refractivity contribution in [2.24, 2.45) is 13.0 Å². The van der Waals surface area contributed by atoms with Crippen molar-refractivity contribution in [1.82, 2.24) is 23.8 Å². The van der Waals surface area contributed by atoms with Gasteiger partial charge in [0.1, 0.15) is 22.6 Å². The van der Waals surface area contributed by atoms with E-state index in [1.807, 2.05) is 68.3 Å². The molecule has 0 bridgehead atoms. The van der Waals surface area contributed by atoms with Gasteiger partial charge in [0, 0.05) is 52.8 Å². The Balaban J connectivity index is 1.29. The number of aromatic nitrogens is 4. The number of nitrogens with zero attached hydrogens (tertiary/aromatic N) is 6. The lowest BCUT2D eigenvalue weighted by atomic mass is 9.98. The zero-order valence-electron chi connectivity index (χ0n) is 33.9. The van der Waals surface area contributed by atoms with Crippen LogP contribution in [0.1, 0.15) is 80.4 Å². The first-order valence-electron chi connectivity index (χ1n) is 19.7. The summed E-state index contributed by atoms with van der Waals surface area (Å²) in [6.07, 6.45) is 2.20. The highest BCUT2D eigenvalue weighted by atomic mass is 35.5. The molecule has 3 atom stereocenters. The number of alkyl halides is 1. The Kier molecular flexibility index (Phi) is 10.2. The standard InChI is InChI=1S/C45H50Cl2N6O4/c1-24-17-31-21-37(45(55)56)51(23-30-14-15-49(7)22-30)40(31)36(18-24)53-43(47)29(6)52-41-33(11-9-12-35(41)38-27(4)48-50(8)28(38)5)34(42(52)44(53)54)13-10-16-57-32-19-25(2)39(46)26(3)20-32/h9,11-12,17-21,29-30,43H,10,13-16,22-23H2,1-8H3,(H,55,56)/t29?,30?,43-/m0/s1. The third-order valence-corrected chi connectivity index (χ3v) is 13.3. The molecule has 1 saturated heterocycles. The van der Waals surface area contributed by atoms with Crippen LogP contribution in [0.25, 0.3) is 32.9 Å². The summed E-state index contributed by atoms with van der Waals surface area (Å²) in [6, 6.07) is 15.6. The molecule has 8 rings (SSSR count). The van der Waals surface area contributed by atoms with E-state index in [1.165, 1.54) is 0 Å². The summed E-state index contributed by atoms with van der Waals surface area (Å²) in [5.41, 5.74) is 10.1. The van der Waals surface area contributed by atoms with Crippen molar-refractivity contribution in [2.75, 3.05) is 31.6 Å². The van der Waals surface area contributed by atoms with Gasteiger partial charge in [-0.3, -0.25) is 14.4 Å². The van der Waals surface area contributed by atoms with Crippen molar-refractivity contribution < 1.29 is 19.4 Å². The Hall–Kier alpha value is -4.77. The average molecular weight is 810 g/mol. The Morgan fingerprint density at radius 1 is 1.02 bits per heavy atom. The van der Waals surface area contributed by atoms with E-state index in [4.69, 9.17) is 33.0 Å². The van der Waals surface area contributed by atoms with E-state index in [0.717, 1.165) is 91.3 Å². The van der Waals surface area contributed by atoms with Gasteiger partial charge in [0.25, 0.3) is 5.91 Å². The SMILES string of the molecule is Cc1cc(N2C(=O)c3c(CCCOc4cc(C)c(Cl)c(C)c4)c4cccc(-c5c(C)nn(C)c5C)c4n3C(C)[C@H]2Cl)c2c(c1)cc(C(=O)O)n2CC1CCN(C)C1. The number of aryl methyl sites for hydroxylation is 6. The molecule has 1 amide bonds. The topological polar surface area (TPSA) is 97.8 Å². The number of hydrogen-bond donors (Lipinski definition) is 1. The van der Waals surface area contributed by atoms with Gasteiger partial charge < -0.3 is 23.9 Å². The summed E-state index contributed by atoms with van der Waals surface area (Å²) in [5.74, 6) is -0.174. The number of aromatic carboxylic acids is 1. The molecule has 1 N–H and O–H groups in total. The number of fused-ring (bicyclic) bond motifs is 4. The molecule has 2 unspecified atom stereocenters. The molecular weight excluding hydrogens is 759 g/mol. The molecule has 2 aliphatic heterocycles. The van der Waals surface area contributed by atoms with E-state index >= 15 is 4.79 Å².